The van der Waals surface area contributed by atoms with Crippen molar-refractivity contribution in [2.75, 3.05) is 36.5 Å². The SMILES string of the molecule is C[C@H](OC(=O)/C=C/c1ccccc1)C(=O)Nc1ccc(N2CCOCC2)cc1. The number of benzene rings is 2. The van der Waals surface area contributed by atoms with Gasteiger partial charge in [0.05, 0.1) is 13.2 Å². The molecule has 1 atom stereocenters. The summed E-state index contributed by atoms with van der Waals surface area (Å²) in [7, 11) is 0. The first kappa shape index (κ1) is 19.6. The van der Waals surface area contributed by atoms with Crippen LogP contribution in [0.25, 0.3) is 6.08 Å². The van der Waals surface area contributed by atoms with Gasteiger partial charge in [0, 0.05) is 30.5 Å². The second kappa shape index (κ2) is 9.71. The molecular formula is C22H24N2O4. The van der Waals surface area contributed by atoms with Crippen molar-refractivity contribution in [2.24, 2.45) is 0 Å². The second-order valence-electron chi connectivity index (χ2n) is 6.46. The summed E-state index contributed by atoms with van der Waals surface area (Å²) in [5, 5.41) is 2.77. The number of carbonyl (C=O) groups excluding carboxylic acids is 2. The Balaban J connectivity index is 1.49. The van der Waals surface area contributed by atoms with Crippen LogP contribution in [-0.4, -0.2) is 44.3 Å². The van der Waals surface area contributed by atoms with Crippen molar-refractivity contribution < 1.29 is 19.1 Å². The van der Waals surface area contributed by atoms with Gasteiger partial charge in [-0.3, -0.25) is 4.79 Å². The third kappa shape index (κ3) is 5.69. The van der Waals surface area contributed by atoms with Crippen LogP contribution in [0.15, 0.2) is 60.7 Å². The summed E-state index contributed by atoms with van der Waals surface area (Å²) >= 11 is 0. The molecule has 6 heteroatoms. The van der Waals surface area contributed by atoms with Crippen LogP contribution in [-0.2, 0) is 19.1 Å². The van der Waals surface area contributed by atoms with E-state index in [-0.39, 0.29) is 5.91 Å². The lowest BCUT2D eigenvalue weighted by atomic mass is 10.2. The highest BCUT2D eigenvalue weighted by molar-refractivity contribution is 5.96. The van der Waals surface area contributed by atoms with Crippen LogP contribution in [0.1, 0.15) is 12.5 Å². The van der Waals surface area contributed by atoms with E-state index in [4.69, 9.17) is 9.47 Å². The Morgan fingerprint density at radius 3 is 2.43 bits per heavy atom. The zero-order valence-corrected chi connectivity index (χ0v) is 15.8. The third-order valence-electron chi connectivity index (χ3n) is 4.38. The first-order valence-electron chi connectivity index (χ1n) is 9.29. The van der Waals surface area contributed by atoms with Crippen molar-refractivity contribution in [1.29, 1.82) is 0 Å². The number of morpholine rings is 1. The van der Waals surface area contributed by atoms with Gasteiger partial charge in [-0.1, -0.05) is 30.3 Å². The number of ether oxygens (including phenoxy) is 2. The highest BCUT2D eigenvalue weighted by atomic mass is 16.5. The van der Waals surface area contributed by atoms with Crippen molar-refractivity contribution in [3.63, 3.8) is 0 Å². The van der Waals surface area contributed by atoms with Crippen molar-refractivity contribution in [2.45, 2.75) is 13.0 Å². The van der Waals surface area contributed by atoms with Crippen LogP contribution in [0.3, 0.4) is 0 Å². The van der Waals surface area contributed by atoms with E-state index in [0.717, 1.165) is 37.6 Å². The van der Waals surface area contributed by atoms with Gasteiger partial charge >= 0.3 is 5.97 Å². The van der Waals surface area contributed by atoms with E-state index in [9.17, 15) is 9.59 Å². The van der Waals surface area contributed by atoms with Crippen LogP contribution in [0.4, 0.5) is 11.4 Å². The van der Waals surface area contributed by atoms with Gasteiger partial charge < -0.3 is 19.7 Å². The quantitative estimate of drug-likeness (QED) is 0.616. The van der Waals surface area contributed by atoms with E-state index in [1.165, 1.54) is 6.08 Å². The Morgan fingerprint density at radius 2 is 1.75 bits per heavy atom. The molecule has 6 nitrogen and oxygen atoms in total. The summed E-state index contributed by atoms with van der Waals surface area (Å²) in [6.07, 6.45) is 2.07. The number of nitrogens with one attached hydrogen (secondary N) is 1. The fraction of sp³-hybridized carbons (Fsp3) is 0.273. The summed E-state index contributed by atoms with van der Waals surface area (Å²) in [6, 6.07) is 17.0. The molecule has 0 aromatic heterocycles. The maximum Gasteiger partial charge on any atom is 0.331 e. The fourth-order valence-corrected chi connectivity index (χ4v) is 2.82. The monoisotopic (exact) mass is 380 g/mol. The average molecular weight is 380 g/mol. The molecule has 1 aliphatic rings. The minimum atomic E-state index is -0.896. The Hall–Kier alpha value is -3.12. The molecule has 1 heterocycles. The van der Waals surface area contributed by atoms with E-state index in [2.05, 4.69) is 10.2 Å². The minimum absolute atomic E-state index is 0.374. The molecule has 1 fully saturated rings. The Kier molecular flexibility index (Phi) is 6.81. The highest BCUT2D eigenvalue weighted by Gasteiger charge is 2.17. The molecular weight excluding hydrogens is 356 g/mol. The zero-order chi connectivity index (χ0) is 19.8. The van der Waals surface area contributed by atoms with Crippen molar-refractivity contribution in [3.8, 4) is 0 Å². The molecule has 2 aromatic rings. The highest BCUT2D eigenvalue weighted by Crippen LogP contribution is 2.19. The van der Waals surface area contributed by atoms with E-state index in [1.807, 2.05) is 54.6 Å². The van der Waals surface area contributed by atoms with Gasteiger partial charge in [0.15, 0.2) is 6.10 Å². The number of carbonyl (C=O) groups is 2. The van der Waals surface area contributed by atoms with Crippen LogP contribution in [0.5, 0.6) is 0 Å². The largest absolute Gasteiger partial charge is 0.449 e. The third-order valence-corrected chi connectivity index (χ3v) is 4.38. The number of esters is 1. The van der Waals surface area contributed by atoms with Crippen LogP contribution in [0, 0.1) is 0 Å². The molecule has 146 valence electrons. The van der Waals surface area contributed by atoms with E-state index in [0.29, 0.717) is 5.69 Å². The molecule has 1 saturated heterocycles. The Morgan fingerprint density at radius 1 is 1.07 bits per heavy atom. The fourth-order valence-electron chi connectivity index (χ4n) is 2.82. The first-order chi connectivity index (χ1) is 13.6. The second-order valence-corrected chi connectivity index (χ2v) is 6.46. The van der Waals surface area contributed by atoms with Crippen molar-refractivity contribution >= 4 is 29.3 Å². The molecule has 0 bridgehead atoms. The molecule has 28 heavy (non-hydrogen) atoms. The molecule has 0 spiro atoms. The maximum atomic E-state index is 12.3. The number of hydrogen-bond donors (Lipinski definition) is 1. The number of hydrogen-bond acceptors (Lipinski definition) is 5. The maximum absolute atomic E-state index is 12.3. The smallest absolute Gasteiger partial charge is 0.331 e. The predicted molar refractivity (Wildman–Crippen MR) is 109 cm³/mol. The number of anilines is 2. The van der Waals surface area contributed by atoms with Gasteiger partial charge in [0.25, 0.3) is 5.91 Å². The van der Waals surface area contributed by atoms with Gasteiger partial charge in [-0.15, -0.1) is 0 Å². The molecule has 0 saturated carbocycles. The Bertz CT molecular complexity index is 812. The molecule has 1 amide bonds. The van der Waals surface area contributed by atoms with Gasteiger partial charge in [-0.2, -0.15) is 0 Å². The zero-order valence-electron chi connectivity index (χ0n) is 15.8. The predicted octanol–water partition coefficient (Wildman–Crippen LogP) is 3.11. The summed E-state index contributed by atoms with van der Waals surface area (Å²) in [5.41, 5.74) is 2.63. The lowest BCUT2D eigenvalue weighted by Crippen LogP contribution is -2.36. The number of amides is 1. The van der Waals surface area contributed by atoms with Crippen molar-refractivity contribution in [3.05, 3.63) is 66.2 Å². The summed E-state index contributed by atoms with van der Waals surface area (Å²) in [4.78, 5) is 26.4. The molecule has 1 N–H and O–H groups in total. The standard InChI is InChI=1S/C22H24N2O4/c1-17(28-21(25)12-7-18-5-3-2-4-6-18)22(26)23-19-8-10-20(11-9-19)24-13-15-27-16-14-24/h2-12,17H,13-16H2,1H3,(H,23,26)/b12-7+/t17-/m0/s1. The van der Waals surface area contributed by atoms with Gasteiger partial charge in [-0.05, 0) is 42.8 Å². The van der Waals surface area contributed by atoms with E-state index in [1.54, 1.807) is 13.0 Å². The lowest BCUT2D eigenvalue weighted by molar-refractivity contribution is -0.148. The molecule has 1 aliphatic heterocycles. The molecule has 3 rings (SSSR count). The molecule has 0 radical (unpaired) electrons. The average Bonchev–Trinajstić information content (AvgIpc) is 2.74. The molecule has 0 unspecified atom stereocenters. The van der Waals surface area contributed by atoms with Crippen molar-refractivity contribution in [1.82, 2.24) is 0 Å². The Labute approximate surface area is 164 Å². The van der Waals surface area contributed by atoms with Gasteiger partial charge in [0.1, 0.15) is 0 Å². The number of rotatable bonds is 6. The normalized spacial score (nSPS) is 15.2. The van der Waals surface area contributed by atoms with Crippen LogP contribution >= 0.6 is 0 Å². The van der Waals surface area contributed by atoms with E-state index < -0.39 is 12.1 Å². The van der Waals surface area contributed by atoms with Crippen LogP contribution in [0.2, 0.25) is 0 Å². The molecule has 2 aromatic carbocycles. The van der Waals surface area contributed by atoms with Crippen LogP contribution < -0.4 is 10.2 Å². The first-order valence-corrected chi connectivity index (χ1v) is 9.29. The van der Waals surface area contributed by atoms with Gasteiger partial charge in [-0.25, -0.2) is 4.79 Å². The summed E-state index contributed by atoms with van der Waals surface area (Å²) in [5.74, 6) is -0.935. The number of nitrogens with zero attached hydrogens (tertiary/aromatic N) is 1. The van der Waals surface area contributed by atoms with Gasteiger partial charge in [0.2, 0.25) is 0 Å². The molecule has 0 aliphatic carbocycles. The summed E-state index contributed by atoms with van der Waals surface area (Å²) in [6.45, 7) is 4.70. The minimum Gasteiger partial charge on any atom is -0.449 e. The lowest BCUT2D eigenvalue weighted by Gasteiger charge is -2.28. The summed E-state index contributed by atoms with van der Waals surface area (Å²) < 4.78 is 10.5. The topological polar surface area (TPSA) is 67.9 Å². The van der Waals surface area contributed by atoms with E-state index >= 15 is 0 Å².